The van der Waals surface area contributed by atoms with E-state index in [9.17, 15) is 0 Å². The van der Waals surface area contributed by atoms with Gasteiger partial charge in [0.2, 0.25) is 0 Å². The van der Waals surface area contributed by atoms with Crippen LogP contribution in [-0.4, -0.2) is 16.5 Å². The number of aromatic nitrogens is 2. The van der Waals surface area contributed by atoms with Crippen molar-refractivity contribution >= 4 is 22.1 Å². The van der Waals surface area contributed by atoms with Gasteiger partial charge in [0.25, 0.3) is 0 Å². The van der Waals surface area contributed by atoms with Crippen molar-refractivity contribution in [3.63, 3.8) is 0 Å². The van der Waals surface area contributed by atoms with Gasteiger partial charge in [0.15, 0.2) is 0 Å². The number of para-hydroxylation sites is 3. The second-order valence-electron chi connectivity index (χ2n) is 4.28. The molecule has 0 saturated heterocycles. The lowest BCUT2D eigenvalue weighted by atomic mass is 10.1. The van der Waals surface area contributed by atoms with Crippen molar-refractivity contribution in [1.82, 2.24) is 15.3 Å². The summed E-state index contributed by atoms with van der Waals surface area (Å²) in [4.78, 5) is 9.38. The van der Waals surface area contributed by atoms with Gasteiger partial charge in [-0.2, -0.15) is 0 Å². The first-order valence-corrected chi connectivity index (χ1v) is 6.23. The van der Waals surface area contributed by atoms with Crippen molar-refractivity contribution in [1.29, 1.82) is 0 Å². The quantitative estimate of drug-likeness (QED) is 0.712. The topological polar surface area (TPSA) is 37.8 Å². The van der Waals surface area contributed by atoms with Crippen molar-refractivity contribution < 1.29 is 0 Å². The Kier molecular flexibility index (Phi) is 2.90. The average Bonchev–Trinajstić information content (AvgIpc) is 2.43. The fourth-order valence-electron chi connectivity index (χ4n) is 2.10. The molecule has 1 heterocycles. The molecule has 0 unspecified atom stereocenters. The van der Waals surface area contributed by atoms with Gasteiger partial charge in [-0.1, -0.05) is 31.2 Å². The standard InChI is InChI=1S/C15H15N3/c1-2-16-10-11-6-5-9-14-15(11)18-13-8-4-3-7-12(13)17-14/h3-9,16H,2,10H2,1H3. The van der Waals surface area contributed by atoms with Crippen molar-refractivity contribution in [2.24, 2.45) is 0 Å². The monoisotopic (exact) mass is 237 g/mol. The van der Waals surface area contributed by atoms with Gasteiger partial charge in [-0.3, -0.25) is 0 Å². The van der Waals surface area contributed by atoms with Crippen LogP contribution in [0.3, 0.4) is 0 Å². The van der Waals surface area contributed by atoms with E-state index in [1.54, 1.807) is 0 Å². The fourth-order valence-corrected chi connectivity index (χ4v) is 2.10. The molecule has 3 aromatic rings. The van der Waals surface area contributed by atoms with E-state index in [2.05, 4.69) is 23.3 Å². The maximum Gasteiger partial charge on any atom is 0.0939 e. The molecule has 1 N–H and O–H groups in total. The molecule has 0 radical (unpaired) electrons. The maximum absolute atomic E-state index is 4.73. The number of hydrogen-bond acceptors (Lipinski definition) is 3. The van der Waals surface area contributed by atoms with Gasteiger partial charge in [-0.05, 0) is 30.3 Å². The highest BCUT2D eigenvalue weighted by Gasteiger charge is 2.05. The molecule has 0 amide bonds. The van der Waals surface area contributed by atoms with E-state index < -0.39 is 0 Å². The van der Waals surface area contributed by atoms with Crippen molar-refractivity contribution in [2.45, 2.75) is 13.5 Å². The molecule has 0 spiro atoms. The highest BCUT2D eigenvalue weighted by atomic mass is 14.9. The molecule has 0 aliphatic rings. The van der Waals surface area contributed by atoms with Gasteiger partial charge in [0.1, 0.15) is 0 Å². The summed E-state index contributed by atoms with van der Waals surface area (Å²) < 4.78 is 0. The van der Waals surface area contributed by atoms with Gasteiger partial charge < -0.3 is 5.32 Å². The lowest BCUT2D eigenvalue weighted by Gasteiger charge is -2.07. The normalized spacial score (nSPS) is 11.2. The molecule has 3 rings (SSSR count). The van der Waals surface area contributed by atoms with Crippen LogP contribution in [-0.2, 0) is 6.54 Å². The first kappa shape index (κ1) is 11.1. The van der Waals surface area contributed by atoms with Crippen molar-refractivity contribution in [2.75, 3.05) is 6.54 Å². The third-order valence-corrected chi connectivity index (χ3v) is 3.02. The minimum Gasteiger partial charge on any atom is -0.313 e. The lowest BCUT2D eigenvalue weighted by Crippen LogP contribution is -2.12. The summed E-state index contributed by atoms with van der Waals surface area (Å²) in [6, 6.07) is 14.2. The van der Waals surface area contributed by atoms with E-state index in [1.165, 1.54) is 5.56 Å². The van der Waals surface area contributed by atoms with E-state index in [1.807, 2.05) is 36.4 Å². The number of hydrogen-bond donors (Lipinski definition) is 1. The van der Waals surface area contributed by atoms with E-state index in [0.717, 1.165) is 35.2 Å². The number of benzene rings is 2. The summed E-state index contributed by atoms with van der Waals surface area (Å²) >= 11 is 0. The van der Waals surface area contributed by atoms with Gasteiger partial charge in [-0.15, -0.1) is 0 Å². The summed E-state index contributed by atoms with van der Waals surface area (Å²) in [6.07, 6.45) is 0. The molecule has 0 saturated carbocycles. The lowest BCUT2D eigenvalue weighted by molar-refractivity contribution is 0.729. The molecule has 3 heteroatoms. The predicted octanol–water partition coefficient (Wildman–Crippen LogP) is 2.89. The molecule has 3 nitrogen and oxygen atoms in total. The maximum atomic E-state index is 4.73. The number of nitrogens with zero attached hydrogens (tertiary/aromatic N) is 2. The second kappa shape index (κ2) is 4.70. The van der Waals surface area contributed by atoms with Gasteiger partial charge in [0, 0.05) is 6.54 Å². The number of nitrogens with one attached hydrogen (secondary N) is 1. The van der Waals surface area contributed by atoms with Crippen molar-refractivity contribution in [3.8, 4) is 0 Å². The number of rotatable bonds is 3. The molecule has 0 fully saturated rings. The SMILES string of the molecule is CCNCc1cccc2nc3ccccc3nc12. The average molecular weight is 237 g/mol. The van der Waals surface area contributed by atoms with Crippen LogP contribution >= 0.6 is 0 Å². The summed E-state index contributed by atoms with van der Waals surface area (Å²) in [7, 11) is 0. The third kappa shape index (κ3) is 1.93. The zero-order valence-corrected chi connectivity index (χ0v) is 10.4. The van der Waals surface area contributed by atoms with E-state index in [0.29, 0.717) is 0 Å². The third-order valence-electron chi connectivity index (χ3n) is 3.02. The summed E-state index contributed by atoms with van der Waals surface area (Å²) in [5.41, 5.74) is 5.06. The highest BCUT2D eigenvalue weighted by Crippen LogP contribution is 2.19. The van der Waals surface area contributed by atoms with Gasteiger partial charge >= 0.3 is 0 Å². The molecular weight excluding hydrogens is 222 g/mol. The minimum atomic E-state index is 0.834. The van der Waals surface area contributed by atoms with Crippen LogP contribution in [0.4, 0.5) is 0 Å². The van der Waals surface area contributed by atoms with Gasteiger partial charge in [-0.25, -0.2) is 9.97 Å². The molecule has 90 valence electrons. The van der Waals surface area contributed by atoms with Crippen LogP contribution in [0.25, 0.3) is 22.1 Å². The summed E-state index contributed by atoms with van der Waals surface area (Å²) in [5.74, 6) is 0. The Morgan fingerprint density at radius 2 is 1.61 bits per heavy atom. The Morgan fingerprint density at radius 1 is 0.889 bits per heavy atom. The molecular formula is C15H15N3. The Morgan fingerprint density at radius 3 is 2.39 bits per heavy atom. The zero-order valence-electron chi connectivity index (χ0n) is 10.4. The first-order chi connectivity index (χ1) is 8.88. The first-order valence-electron chi connectivity index (χ1n) is 6.23. The van der Waals surface area contributed by atoms with Gasteiger partial charge in [0.05, 0.1) is 22.1 Å². The van der Waals surface area contributed by atoms with Crippen LogP contribution in [0, 0.1) is 0 Å². The van der Waals surface area contributed by atoms with E-state index >= 15 is 0 Å². The molecule has 0 atom stereocenters. The smallest absolute Gasteiger partial charge is 0.0939 e. The fraction of sp³-hybridized carbons (Fsp3) is 0.200. The Bertz CT molecular complexity index is 691. The van der Waals surface area contributed by atoms with Crippen LogP contribution in [0.2, 0.25) is 0 Å². The molecule has 2 aromatic carbocycles. The zero-order chi connectivity index (χ0) is 12.4. The van der Waals surface area contributed by atoms with Crippen molar-refractivity contribution in [3.05, 3.63) is 48.0 Å². The molecule has 18 heavy (non-hydrogen) atoms. The van der Waals surface area contributed by atoms with Crippen LogP contribution < -0.4 is 5.32 Å². The summed E-state index contributed by atoms with van der Waals surface area (Å²) in [6.45, 7) is 3.89. The van der Waals surface area contributed by atoms with Crippen LogP contribution in [0.15, 0.2) is 42.5 Å². The molecule has 0 aliphatic carbocycles. The second-order valence-corrected chi connectivity index (χ2v) is 4.28. The Labute approximate surface area is 106 Å². The molecule has 0 aliphatic heterocycles. The number of fused-ring (bicyclic) bond motifs is 2. The largest absolute Gasteiger partial charge is 0.313 e. The Balaban J connectivity index is 2.22. The predicted molar refractivity (Wildman–Crippen MR) is 74.4 cm³/mol. The minimum absolute atomic E-state index is 0.834. The molecule has 0 bridgehead atoms. The van der Waals surface area contributed by atoms with Crippen LogP contribution in [0.5, 0.6) is 0 Å². The highest BCUT2D eigenvalue weighted by molar-refractivity contribution is 5.87. The van der Waals surface area contributed by atoms with Crippen LogP contribution in [0.1, 0.15) is 12.5 Å². The van der Waals surface area contributed by atoms with E-state index in [-0.39, 0.29) is 0 Å². The Hall–Kier alpha value is -2.00. The van der Waals surface area contributed by atoms with E-state index in [4.69, 9.17) is 4.98 Å². The summed E-state index contributed by atoms with van der Waals surface area (Å²) in [5, 5.41) is 3.34. The molecule has 1 aromatic heterocycles.